The maximum absolute atomic E-state index is 11.9. The molecule has 0 aromatic carbocycles. The summed E-state index contributed by atoms with van der Waals surface area (Å²) in [6, 6.07) is 0. The van der Waals surface area contributed by atoms with Crippen molar-refractivity contribution < 1.29 is 19.1 Å². The van der Waals surface area contributed by atoms with E-state index in [0.717, 1.165) is 12.8 Å². The summed E-state index contributed by atoms with van der Waals surface area (Å²) in [5, 5.41) is 0. The van der Waals surface area contributed by atoms with Crippen LogP contribution in [-0.4, -0.2) is 25.2 Å². The van der Waals surface area contributed by atoms with Gasteiger partial charge in [0.15, 0.2) is 0 Å². The summed E-state index contributed by atoms with van der Waals surface area (Å²) in [6.45, 7) is 10.1. The third-order valence-electron chi connectivity index (χ3n) is 2.54. The molecule has 0 unspecified atom stereocenters. The lowest BCUT2D eigenvalue weighted by Crippen LogP contribution is -2.22. The second-order valence-electron chi connectivity index (χ2n) is 4.48. The average Bonchev–Trinajstić information content (AvgIpc) is 2.33. The molecule has 0 spiro atoms. The Morgan fingerprint density at radius 3 is 1.61 bits per heavy atom. The Morgan fingerprint density at radius 1 is 0.944 bits per heavy atom. The smallest absolute Gasteiger partial charge is 0.345 e. The van der Waals surface area contributed by atoms with E-state index in [4.69, 9.17) is 9.47 Å². The molecule has 0 saturated heterocycles. The molecule has 0 heterocycles. The van der Waals surface area contributed by atoms with Crippen LogP contribution in [-0.2, 0) is 19.1 Å². The Labute approximate surface area is 109 Å². The van der Waals surface area contributed by atoms with Crippen LogP contribution >= 0.6 is 0 Å². The number of carbonyl (C=O) groups is 2. The zero-order chi connectivity index (χ0) is 14.1. The third-order valence-corrected chi connectivity index (χ3v) is 2.54. The first-order valence-corrected chi connectivity index (χ1v) is 6.50. The number of allylic oxidation sites excluding steroid dienone is 1. The zero-order valence-corrected chi connectivity index (χ0v) is 12.0. The van der Waals surface area contributed by atoms with Gasteiger partial charge in [0.1, 0.15) is 5.57 Å². The number of hydrogen-bond donors (Lipinski definition) is 0. The van der Waals surface area contributed by atoms with Crippen molar-refractivity contribution >= 4 is 11.9 Å². The molecule has 0 aliphatic rings. The van der Waals surface area contributed by atoms with Crippen LogP contribution in [0.1, 0.15) is 47.5 Å². The van der Waals surface area contributed by atoms with Crippen molar-refractivity contribution in [2.75, 3.05) is 13.2 Å². The molecule has 0 saturated carbocycles. The summed E-state index contributed by atoms with van der Waals surface area (Å²) >= 11 is 0. The van der Waals surface area contributed by atoms with E-state index in [2.05, 4.69) is 0 Å². The standard InChI is InChI=1S/C14H24O4/c1-6-8-17-13(15)12(11(5)10(3)4)14(16)18-9-7-2/h10H,6-9H2,1-5H3. The van der Waals surface area contributed by atoms with Gasteiger partial charge in [-0.25, -0.2) is 9.59 Å². The molecule has 0 rings (SSSR count). The maximum Gasteiger partial charge on any atom is 0.345 e. The fraction of sp³-hybridized carbons (Fsp3) is 0.714. The molecule has 4 heteroatoms. The predicted molar refractivity (Wildman–Crippen MR) is 70.0 cm³/mol. The van der Waals surface area contributed by atoms with E-state index < -0.39 is 11.9 Å². The van der Waals surface area contributed by atoms with Crippen LogP contribution in [0.15, 0.2) is 11.1 Å². The van der Waals surface area contributed by atoms with Gasteiger partial charge in [-0.05, 0) is 31.3 Å². The van der Waals surface area contributed by atoms with Crippen LogP contribution in [0.2, 0.25) is 0 Å². The second-order valence-corrected chi connectivity index (χ2v) is 4.48. The monoisotopic (exact) mass is 256 g/mol. The predicted octanol–water partition coefficient (Wildman–Crippen LogP) is 2.87. The van der Waals surface area contributed by atoms with Crippen molar-refractivity contribution in [3.05, 3.63) is 11.1 Å². The molecule has 0 aliphatic heterocycles. The number of carbonyl (C=O) groups excluding carboxylic acids is 2. The van der Waals surface area contributed by atoms with E-state index in [1.807, 2.05) is 27.7 Å². The molecule has 0 amide bonds. The van der Waals surface area contributed by atoms with Gasteiger partial charge in [-0.15, -0.1) is 0 Å². The van der Waals surface area contributed by atoms with E-state index in [-0.39, 0.29) is 11.5 Å². The maximum atomic E-state index is 11.9. The van der Waals surface area contributed by atoms with Crippen molar-refractivity contribution in [3.8, 4) is 0 Å². The molecule has 0 radical (unpaired) electrons. The minimum Gasteiger partial charge on any atom is -0.462 e. The minimum absolute atomic E-state index is 0.0481. The second kappa shape index (κ2) is 8.72. The van der Waals surface area contributed by atoms with Gasteiger partial charge in [-0.2, -0.15) is 0 Å². The van der Waals surface area contributed by atoms with Gasteiger partial charge in [-0.1, -0.05) is 27.7 Å². The number of ether oxygens (including phenoxy) is 2. The van der Waals surface area contributed by atoms with Crippen LogP contribution in [0.5, 0.6) is 0 Å². The summed E-state index contributed by atoms with van der Waals surface area (Å²) in [4.78, 5) is 23.7. The molecule has 0 aromatic heterocycles. The molecule has 0 bridgehead atoms. The Bertz CT molecular complexity index is 294. The highest BCUT2D eigenvalue weighted by molar-refractivity contribution is 6.14. The van der Waals surface area contributed by atoms with Crippen LogP contribution in [0.3, 0.4) is 0 Å². The molecule has 0 atom stereocenters. The van der Waals surface area contributed by atoms with E-state index in [9.17, 15) is 9.59 Å². The van der Waals surface area contributed by atoms with Gasteiger partial charge in [-0.3, -0.25) is 0 Å². The van der Waals surface area contributed by atoms with E-state index in [0.29, 0.717) is 18.8 Å². The topological polar surface area (TPSA) is 52.6 Å². The molecule has 0 aromatic rings. The Morgan fingerprint density at radius 2 is 1.33 bits per heavy atom. The summed E-state index contributed by atoms with van der Waals surface area (Å²) in [5.41, 5.74) is 0.754. The molecular weight excluding hydrogens is 232 g/mol. The van der Waals surface area contributed by atoms with Crippen molar-refractivity contribution in [1.82, 2.24) is 0 Å². The Kier molecular flexibility index (Phi) is 8.08. The molecule has 0 N–H and O–H groups in total. The first-order valence-electron chi connectivity index (χ1n) is 6.50. The fourth-order valence-electron chi connectivity index (χ4n) is 1.23. The Balaban J connectivity index is 5.00. The fourth-order valence-corrected chi connectivity index (χ4v) is 1.23. The Hall–Kier alpha value is -1.32. The van der Waals surface area contributed by atoms with Gasteiger partial charge in [0, 0.05) is 0 Å². The zero-order valence-electron chi connectivity index (χ0n) is 12.0. The van der Waals surface area contributed by atoms with Gasteiger partial charge in [0.25, 0.3) is 0 Å². The molecule has 18 heavy (non-hydrogen) atoms. The first-order chi connectivity index (χ1) is 8.45. The van der Waals surface area contributed by atoms with Crippen LogP contribution < -0.4 is 0 Å². The van der Waals surface area contributed by atoms with Gasteiger partial charge < -0.3 is 9.47 Å². The summed E-state index contributed by atoms with van der Waals surface area (Å²) in [5.74, 6) is -1.06. The normalized spacial score (nSPS) is 10.1. The summed E-state index contributed by atoms with van der Waals surface area (Å²) < 4.78 is 10.1. The SMILES string of the molecule is CCCOC(=O)C(C(=O)OCCC)=C(C)C(C)C. The van der Waals surface area contributed by atoms with Gasteiger partial charge in [0.05, 0.1) is 13.2 Å². The number of rotatable bonds is 7. The van der Waals surface area contributed by atoms with Crippen molar-refractivity contribution in [3.63, 3.8) is 0 Å². The van der Waals surface area contributed by atoms with Crippen molar-refractivity contribution in [2.45, 2.75) is 47.5 Å². The third kappa shape index (κ3) is 5.34. The van der Waals surface area contributed by atoms with Gasteiger partial charge in [0.2, 0.25) is 0 Å². The molecule has 104 valence electrons. The lowest BCUT2D eigenvalue weighted by Gasteiger charge is -2.13. The van der Waals surface area contributed by atoms with Crippen molar-refractivity contribution in [2.24, 2.45) is 5.92 Å². The molecule has 4 nitrogen and oxygen atoms in total. The highest BCUT2D eigenvalue weighted by Crippen LogP contribution is 2.17. The molecule has 0 fully saturated rings. The average molecular weight is 256 g/mol. The number of esters is 2. The van der Waals surface area contributed by atoms with Gasteiger partial charge >= 0.3 is 11.9 Å². The van der Waals surface area contributed by atoms with Crippen molar-refractivity contribution in [1.29, 1.82) is 0 Å². The van der Waals surface area contributed by atoms with Crippen LogP contribution in [0.4, 0.5) is 0 Å². The van der Waals surface area contributed by atoms with Crippen LogP contribution in [0, 0.1) is 5.92 Å². The largest absolute Gasteiger partial charge is 0.462 e. The lowest BCUT2D eigenvalue weighted by atomic mass is 9.99. The minimum atomic E-state index is -0.579. The molecule has 0 aliphatic carbocycles. The lowest BCUT2D eigenvalue weighted by molar-refractivity contribution is -0.147. The quantitative estimate of drug-likeness (QED) is 0.304. The van der Waals surface area contributed by atoms with E-state index in [1.54, 1.807) is 6.92 Å². The molecular formula is C14H24O4. The van der Waals surface area contributed by atoms with E-state index >= 15 is 0 Å². The first kappa shape index (κ1) is 16.7. The van der Waals surface area contributed by atoms with Crippen LogP contribution in [0.25, 0.3) is 0 Å². The highest BCUT2D eigenvalue weighted by atomic mass is 16.6. The van der Waals surface area contributed by atoms with E-state index in [1.165, 1.54) is 0 Å². The summed E-state index contributed by atoms with van der Waals surface area (Å²) in [6.07, 6.45) is 1.45. The highest BCUT2D eigenvalue weighted by Gasteiger charge is 2.25. The summed E-state index contributed by atoms with van der Waals surface area (Å²) in [7, 11) is 0. The number of hydrogen-bond acceptors (Lipinski definition) is 4.